The fourth-order valence-electron chi connectivity index (χ4n) is 3.98. The van der Waals surface area contributed by atoms with Gasteiger partial charge in [-0.25, -0.2) is 23.4 Å². The molecule has 4 aromatic rings. The van der Waals surface area contributed by atoms with Crippen LogP contribution in [0.5, 0.6) is 0 Å². The highest BCUT2D eigenvalue weighted by Gasteiger charge is 2.20. The van der Waals surface area contributed by atoms with Gasteiger partial charge >= 0.3 is 0 Å². The van der Waals surface area contributed by atoms with Gasteiger partial charge in [0.05, 0.1) is 30.9 Å². The molecule has 7 nitrogen and oxygen atoms in total. The van der Waals surface area contributed by atoms with E-state index in [0.717, 1.165) is 35.6 Å². The van der Waals surface area contributed by atoms with Gasteiger partial charge in [-0.3, -0.25) is 0 Å². The van der Waals surface area contributed by atoms with Gasteiger partial charge in [0.2, 0.25) is 6.43 Å². The highest BCUT2D eigenvalue weighted by molar-refractivity contribution is 5.87. The number of anilines is 1. The molecule has 0 N–H and O–H groups in total. The first kappa shape index (κ1) is 20.6. The zero-order chi connectivity index (χ0) is 22.1. The van der Waals surface area contributed by atoms with Crippen molar-refractivity contribution >= 4 is 16.9 Å². The number of benzene rings is 1. The minimum absolute atomic E-state index is 0.154. The summed E-state index contributed by atoms with van der Waals surface area (Å²) in [7, 11) is 0. The van der Waals surface area contributed by atoms with Crippen molar-refractivity contribution in [2.75, 3.05) is 31.2 Å². The number of rotatable bonds is 6. The van der Waals surface area contributed by atoms with Crippen molar-refractivity contribution in [2.45, 2.75) is 26.3 Å². The third kappa shape index (κ3) is 4.08. The van der Waals surface area contributed by atoms with Crippen LogP contribution in [-0.4, -0.2) is 57.0 Å². The number of aromatic nitrogens is 5. The van der Waals surface area contributed by atoms with Gasteiger partial charge in [-0.1, -0.05) is 23.8 Å². The topological polar surface area (TPSA) is 61.0 Å². The third-order valence-corrected chi connectivity index (χ3v) is 5.62. The number of alkyl halides is 2. The van der Waals surface area contributed by atoms with Gasteiger partial charge in [0, 0.05) is 43.9 Å². The standard InChI is InChI=1S/C23H24F2N6O/c1-16-3-2-4-17(13-16)18-5-8-31(28-18)21-14-19(29-9-11-32-12-10-29)22-23(27-21)30(15-26-22)7-6-20(24)25/h2-5,8,13-15,20H,6-7,9-12H2,1H3. The van der Waals surface area contributed by atoms with Crippen molar-refractivity contribution in [3.05, 3.63) is 54.5 Å². The molecule has 0 saturated carbocycles. The molecule has 1 aromatic carbocycles. The molecule has 0 radical (unpaired) electrons. The van der Waals surface area contributed by atoms with Gasteiger partial charge in [0.1, 0.15) is 5.52 Å². The van der Waals surface area contributed by atoms with Crippen LogP contribution in [0.2, 0.25) is 0 Å². The Morgan fingerprint density at radius 2 is 1.97 bits per heavy atom. The summed E-state index contributed by atoms with van der Waals surface area (Å²) in [5, 5.41) is 4.73. The number of aryl methyl sites for hydroxylation is 2. The van der Waals surface area contributed by atoms with Crippen LogP contribution >= 0.6 is 0 Å². The van der Waals surface area contributed by atoms with Crippen LogP contribution in [0.1, 0.15) is 12.0 Å². The summed E-state index contributed by atoms with van der Waals surface area (Å²) >= 11 is 0. The Balaban J connectivity index is 1.58. The smallest absolute Gasteiger partial charge is 0.240 e. The zero-order valence-corrected chi connectivity index (χ0v) is 17.8. The Labute approximate surface area is 184 Å². The van der Waals surface area contributed by atoms with Gasteiger partial charge in [0.15, 0.2) is 11.5 Å². The molecule has 1 aliphatic heterocycles. The predicted molar refractivity (Wildman–Crippen MR) is 118 cm³/mol. The summed E-state index contributed by atoms with van der Waals surface area (Å²) in [6.45, 7) is 4.92. The fourth-order valence-corrected chi connectivity index (χ4v) is 3.98. The molecule has 0 bridgehead atoms. The third-order valence-electron chi connectivity index (χ3n) is 5.62. The van der Waals surface area contributed by atoms with Gasteiger partial charge in [-0.2, -0.15) is 5.10 Å². The maximum absolute atomic E-state index is 12.8. The van der Waals surface area contributed by atoms with E-state index >= 15 is 0 Å². The van der Waals surface area contributed by atoms with Crippen molar-refractivity contribution in [3.63, 3.8) is 0 Å². The largest absolute Gasteiger partial charge is 0.378 e. The minimum atomic E-state index is -2.38. The molecule has 0 amide bonds. The summed E-state index contributed by atoms with van der Waals surface area (Å²) in [5.41, 5.74) is 5.23. The number of imidazole rings is 1. The Hall–Kier alpha value is -3.33. The Kier molecular flexibility index (Phi) is 5.57. The molecule has 1 aliphatic rings. The highest BCUT2D eigenvalue weighted by Crippen LogP contribution is 2.29. The first-order valence-electron chi connectivity index (χ1n) is 10.7. The minimum Gasteiger partial charge on any atom is -0.378 e. The van der Waals surface area contributed by atoms with Gasteiger partial charge in [-0.05, 0) is 19.1 Å². The Morgan fingerprint density at radius 3 is 2.75 bits per heavy atom. The van der Waals surface area contributed by atoms with Crippen molar-refractivity contribution < 1.29 is 13.5 Å². The highest BCUT2D eigenvalue weighted by atomic mass is 19.3. The van der Waals surface area contributed by atoms with Gasteiger partial charge in [0.25, 0.3) is 0 Å². The van der Waals surface area contributed by atoms with E-state index in [0.29, 0.717) is 30.2 Å². The molecule has 5 rings (SSSR count). The molecule has 166 valence electrons. The monoisotopic (exact) mass is 438 g/mol. The Morgan fingerprint density at radius 1 is 1.12 bits per heavy atom. The number of nitrogens with zero attached hydrogens (tertiary/aromatic N) is 6. The summed E-state index contributed by atoms with van der Waals surface area (Å²) in [4.78, 5) is 11.5. The van der Waals surface area contributed by atoms with Crippen molar-refractivity contribution in [1.82, 2.24) is 24.3 Å². The first-order chi connectivity index (χ1) is 15.6. The lowest BCUT2D eigenvalue weighted by Gasteiger charge is -2.29. The molecule has 3 aromatic heterocycles. The number of ether oxygens (including phenoxy) is 1. The average Bonchev–Trinajstić information content (AvgIpc) is 3.45. The second kappa shape index (κ2) is 8.66. The van der Waals surface area contributed by atoms with E-state index in [1.165, 1.54) is 0 Å². The number of halogens is 2. The van der Waals surface area contributed by atoms with E-state index in [2.05, 4.69) is 16.0 Å². The quantitative estimate of drug-likeness (QED) is 0.454. The molecular weight excluding hydrogens is 414 g/mol. The molecule has 32 heavy (non-hydrogen) atoms. The molecule has 0 aliphatic carbocycles. The number of fused-ring (bicyclic) bond motifs is 1. The van der Waals surface area contributed by atoms with Crippen LogP contribution in [0.3, 0.4) is 0 Å². The van der Waals surface area contributed by atoms with Crippen molar-refractivity contribution in [2.24, 2.45) is 0 Å². The van der Waals surface area contributed by atoms with Crippen LogP contribution in [0.4, 0.5) is 14.5 Å². The average molecular weight is 438 g/mol. The van der Waals surface area contributed by atoms with Gasteiger partial charge in [-0.15, -0.1) is 0 Å². The zero-order valence-electron chi connectivity index (χ0n) is 17.8. The molecule has 0 atom stereocenters. The van der Waals surface area contributed by atoms with Crippen molar-refractivity contribution in [1.29, 1.82) is 0 Å². The Bertz CT molecular complexity index is 1230. The molecule has 0 spiro atoms. The fraction of sp³-hybridized carbons (Fsp3) is 0.348. The first-order valence-corrected chi connectivity index (χ1v) is 10.7. The van der Waals surface area contributed by atoms with Crippen LogP contribution in [0.15, 0.2) is 48.9 Å². The maximum Gasteiger partial charge on any atom is 0.240 e. The van der Waals surface area contributed by atoms with Crippen molar-refractivity contribution in [3.8, 4) is 17.1 Å². The summed E-state index contributed by atoms with van der Waals surface area (Å²) in [6, 6.07) is 12.1. The normalized spacial score (nSPS) is 14.6. The lowest BCUT2D eigenvalue weighted by Crippen LogP contribution is -2.36. The number of hydrogen-bond acceptors (Lipinski definition) is 5. The van der Waals surface area contributed by atoms with E-state index < -0.39 is 6.43 Å². The van der Waals surface area contributed by atoms with E-state index in [4.69, 9.17) is 14.8 Å². The summed E-state index contributed by atoms with van der Waals surface area (Å²) < 4.78 is 34.6. The maximum atomic E-state index is 12.8. The van der Waals surface area contributed by atoms with Crippen LogP contribution in [-0.2, 0) is 11.3 Å². The molecule has 0 unspecified atom stereocenters. The molecule has 4 heterocycles. The van der Waals surface area contributed by atoms with E-state index in [1.807, 2.05) is 43.5 Å². The predicted octanol–water partition coefficient (Wildman–Crippen LogP) is 4.08. The van der Waals surface area contributed by atoms with E-state index in [9.17, 15) is 8.78 Å². The lowest BCUT2D eigenvalue weighted by molar-refractivity contribution is 0.123. The van der Waals surface area contributed by atoms with E-state index in [-0.39, 0.29) is 13.0 Å². The number of pyridine rings is 1. The lowest BCUT2D eigenvalue weighted by atomic mass is 10.1. The number of hydrogen-bond donors (Lipinski definition) is 0. The summed E-state index contributed by atoms with van der Waals surface area (Å²) in [5.74, 6) is 0.622. The number of morpholine rings is 1. The van der Waals surface area contributed by atoms with Gasteiger partial charge < -0.3 is 14.2 Å². The molecular formula is C23H24F2N6O. The summed E-state index contributed by atoms with van der Waals surface area (Å²) in [6.07, 6.45) is 0.838. The van der Waals surface area contributed by atoms with E-state index in [1.54, 1.807) is 15.6 Å². The van der Waals surface area contributed by atoms with Crippen LogP contribution < -0.4 is 4.90 Å². The molecule has 1 saturated heterocycles. The SMILES string of the molecule is Cc1cccc(-c2ccn(-c3cc(N4CCOCC4)c4ncn(CCC(F)F)c4n3)n2)c1. The molecule has 1 fully saturated rings. The molecule has 9 heteroatoms. The van der Waals surface area contributed by atoms with Crippen LogP contribution in [0, 0.1) is 6.92 Å². The van der Waals surface area contributed by atoms with Crippen LogP contribution in [0.25, 0.3) is 28.2 Å². The second-order valence-corrected chi connectivity index (χ2v) is 7.90. The second-order valence-electron chi connectivity index (χ2n) is 7.90.